The largest absolute Gasteiger partial charge is 0.480 e. The van der Waals surface area contributed by atoms with Crippen molar-refractivity contribution in [3.05, 3.63) is 35.9 Å². The lowest BCUT2D eigenvalue weighted by molar-refractivity contribution is -0.145. The Hall–Kier alpha value is -1.88. The first-order chi connectivity index (χ1) is 9.52. The number of rotatable bonds is 8. The number of methoxy groups -OCH3 is 1. The molecule has 0 saturated heterocycles. The normalized spacial score (nSPS) is 11.9. The van der Waals surface area contributed by atoms with E-state index in [9.17, 15) is 9.59 Å². The highest BCUT2D eigenvalue weighted by molar-refractivity contribution is 5.81. The first-order valence-corrected chi connectivity index (χ1v) is 6.59. The van der Waals surface area contributed by atoms with Crippen LogP contribution in [0.25, 0.3) is 0 Å². The Kier molecular flexibility index (Phi) is 6.73. The Morgan fingerprint density at radius 1 is 1.30 bits per heavy atom. The molecule has 0 spiro atoms. The fourth-order valence-electron chi connectivity index (χ4n) is 1.80. The Labute approximate surface area is 119 Å². The molecule has 0 radical (unpaired) electrons. The van der Waals surface area contributed by atoms with Crippen molar-refractivity contribution in [2.24, 2.45) is 0 Å². The van der Waals surface area contributed by atoms with E-state index in [1.807, 2.05) is 37.3 Å². The summed E-state index contributed by atoms with van der Waals surface area (Å²) in [4.78, 5) is 24.4. The number of ether oxygens (including phenoxy) is 1. The zero-order valence-corrected chi connectivity index (χ0v) is 11.9. The third kappa shape index (κ3) is 5.84. The number of hydrogen-bond acceptors (Lipinski definition) is 3. The summed E-state index contributed by atoms with van der Waals surface area (Å²) < 4.78 is 5.09. The topological polar surface area (TPSA) is 66.8 Å². The van der Waals surface area contributed by atoms with Crippen LogP contribution >= 0.6 is 0 Å². The molecular weight excluding hydrogens is 258 g/mol. The van der Waals surface area contributed by atoms with E-state index in [2.05, 4.69) is 0 Å². The summed E-state index contributed by atoms with van der Waals surface area (Å²) in [5.41, 5.74) is 0.918. The molecular formula is C15H21NO4. The summed E-state index contributed by atoms with van der Waals surface area (Å²) in [5.74, 6) is -1.17. The number of carboxylic acid groups (broad SMARTS) is 1. The van der Waals surface area contributed by atoms with E-state index >= 15 is 0 Å². The van der Waals surface area contributed by atoms with Gasteiger partial charge in [0, 0.05) is 20.1 Å². The molecule has 0 aromatic heterocycles. The average molecular weight is 279 g/mol. The zero-order chi connectivity index (χ0) is 15.0. The van der Waals surface area contributed by atoms with Crippen LogP contribution in [0.5, 0.6) is 0 Å². The molecule has 0 aliphatic carbocycles. The molecule has 0 aliphatic heterocycles. The number of nitrogens with zero attached hydrogens (tertiary/aromatic N) is 1. The monoisotopic (exact) mass is 279 g/mol. The molecule has 1 atom stereocenters. The van der Waals surface area contributed by atoms with Crippen LogP contribution in [0.15, 0.2) is 30.3 Å². The van der Waals surface area contributed by atoms with Crippen molar-refractivity contribution in [2.75, 3.05) is 13.7 Å². The molecule has 1 aromatic carbocycles. The minimum Gasteiger partial charge on any atom is -0.480 e. The molecule has 0 bridgehead atoms. The van der Waals surface area contributed by atoms with Crippen molar-refractivity contribution in [1.82, 2.24) is 4.90 Å². The van der Waals surface area contributed by atoms with Crippen LogP contribution in [0.2, 0.25) is 0 Å². The number of carboxylic acids is 1. The van der Waals surface area contributed by atoms with Gasteiger partial charge in [0.15, 0.2) is 0 Å². The second-order valence-corrected chi connectivity index (χ2v) is 4.71. The Bertz CT molecular complexity index is 433. The van der Waals surface area contributed by atoms with Crippen molar-refractivity contribution < 1.29 is 19.4 Å². The molecule has 1 N–H and O–H groups in total. The predicted molar refractivity (Wildman–Crippen MR) is 75.2 cm³/mol. The number of carbonyl (C=O) groups excluding carboxylic acids is 1. The highest BCUT2D eigenvalue weighted by Gasteiger charge is 2.17. The van der Waals surface area contributed by atoms with E-state index in [4.69, 9.17) is 9.84 Å². The van der Waals surface area contributed by atoms with E-state index in [0.29, 0.717) is 13.0 Å². The number of amides is 1. The molecule has 0 saturated carbocycles. The van der Waals surface area contributed by atoms with Gasteiger partial charge in [-0.05, 0) is 18.9 Å². The molecule has 5 nitrogen and oxygen atoms in total. The average Bonchev–Trinajstić information content (AvgIpc) is 2.44. The minimum absolute atomic E-state index is 0.0117. The number of hydrogen-bond donors (Lipinski definition) is 1. The Morgan fingerprint density at radius 2 is 1.95 bits per heavy atom. The van der Waals surface area contributed by atoms with Gasteiger partial charge >= 0.3 is 5.97 Å². The van der Waals surface area contributed by atoms with E-state index < -0.39 is 5.97 Å². The van der Waals surface area contributed by atoms with Crippen LogP contribution in [0.3, 0.4) is 0 Å². The highest BCUT2D eigenvalue weighted by Crippen LogP contribution is 2.09. The minimum atomic E-state index is -1.01. The van der Waals surface area contributed by atoms with Crippen LogP contribution in [0, 0.1) is 0 Å². The van der Waals surface area contributed by atoms with Gasteiger partial charge in [-0.2, -0.15) is 0 Å². The highest BCUT2D eigenvalue weighted by atomic mass is 16.5. The molecule has 110 valence electrons. The fraction of sp³-hybridized carbons (Fsp3) is 0.467. The lowest BCUT2D eigenvalue weighted by Crippen LogP contribution is -2.35. The Morgan fingerprint density at radius 3 is 2.50 bits per heavy atom. The van der Waals surface area contributed by atoms with Gasteiger partial charge in [-0.3, -0.25) is 9.59 Å². The van der Waals surface area contributed by atoms with Gasteiger partial charge in [0.2, 0.25) is 5.91 Å². The molecule has 1 amide bonds. The van der Waals surface area contributed by atoms with Crippen molar-refractivity contribution in [1.29, 1.82) is 0 Å². The van der Waals surface area contributed by atoms with Gasteiger partial charge in [0.05, 0.1) is 6.10 Å². The molecule has 1 unspecified atom stereocenters. The van der Waals surface area contributed by atoms with Crippen molar-refractivity contribution in [2.45, 2.75) is 32.4 Å². The summed E-state index contributed by atoms with van der Waals surface area (Å²) in [6, 6.07) is 9.37. The van der Waals surface area contributed by atoms with E-state index in [1.165, 1.54) is 4.90 Å². The van der Waals surface area contributed by atoms with Gasteiger partial charge in [0.1, 0.15) is 6.54 Å². The SMILES string of the molecule is COC(C)CCC(=O)N(CC(=O)O)Cc1ccccc1. The first-order valence-electron chi connectivity index (χ1n) is 6.59. The van der Waals surface area contributed by atoms with Gasteiger partial charge in [0.25, 0.3) is 0 Å². The van der Waals surface area contributed by atoms with Gasteiger partial charge in [-0.25, -0.2) is 0 Å². The van der Waals surface area contributed by atoms with Crippen molar-refractivity contribution in [3.8, 4) is 0 Å². The third-order valence-corrected chi connectivity index (χ3v) is 3.06. The Balaban J connectivity index is 2.63. The maximum Gasteiger partial charge on any atom is 0.323 e. The molecule has 1 rings (SSSR count). The summed E-state index contributed by atoms with van der Waals surface area (Å²) in [6.45, 7) is 1.91. The number of benzene rings is 1. The van der Waals surface area contributed by atoms with Crippen LogP contribution in [-0.4, -0.2) is 41.6 Å². The molecule has 20 heavy (non-hydrogen) atoms. The molecule has 0 aliphatic rings. The van der Waals surface area contributed by atoms with Crippen LogP contribution < -0.4 is 0 Å². The third-order valence-electron chi connectivity index (χ3n) is 3.06. The van der Waals surface area contributed by atoms with Gasteiger partial charge in [-0.1, -0.05) is 30.3 Å². The fourth-order valence-corrected chi connectivity index (χ4v) is 1.80. The summed E-state index contributed by atoms with van der Waals surface area (Å²) in [6.07, 6.45) is 0.859. The molecule has 1 aromatic rings. The maximum atomic E-state index is 12.1. The second kappa shape index (κ2) is 8.32. The standard InChI is InChI=1S/C15H21NO4/c1-12(20-2)8-9-14(17)16(11-15(18)19)10-13-6-4-3-5-7-13/h3-7,12H,8-11H2,1-2H3,(H,18,19). The molecule has 0 heterocycles. The first kappa shape index (κ1) is 16.2. The van der Waals surface area contributed by atoms with Crippen molar-refractivity contribution >= 4 is 11.9 Å². The lowest BCUT2D eigenvalue weighted by Gasteiger charge is -2.21. The van der Waals surface area contributed by atoms with Gasteiger partial charge < -0.3 is 14.7 Å². The van der Waals surface area contributed by atoms with E-state index in [0.717, 1.165) is 5.56 Å². The predicted octanol–water partition coefficient (Wildman–Crippen LogP) is 1.91. The second-order valence-electron chi connectivity index (χ2n) is 4.71. The number of carbonyl (C=O) groups is 2. The summed E-state index contributed by atoms with van der Waals surface area (Å²) in [5, 5.41) is 8.92. The quantitative estimate of drug-likeness (QED) is 0.789. The number of aliphatic carboxylic acids is 1. The van der Waals surface area contributed by atoms with Crippen LogP contribution in [0.4, 0.5) is 0 Å². The molecule has 0 fully saturated rings. The summed E-state index contributed by atoms with van der Waals surface area (Å²) >= 11 is 0. The van der Waals surface area contributed by atoms with E-state index in [-0.39, 0.29) is 25.0 Å². The lowest BCUT2D eigenvalue weighted by atomic mass is 10.1. The molecule has 5 heteroatoms. The zero-order valence-electron chi connectivity index (χ0n) is 11.9. The van der Waals surface area contributed by atoms with Crippen molar-refractivity contribution in [3.63, 3.8) is 0 Å². The maximum absolute atomic E-state index is 12.1. The summed E-state index contributed by atoms with van der Waals surface area (Å²) in [7, 11) is 1.59. The van der Waals surface area contributed by atoms with E-state index in [1.54, 1.807) is 7.11 Å². The smallest absolute Gasteiger partial charge is 0.323 e. The van der Waals surface area contributed by atoms with Crippen LogP contribution in [0.1, 0.15) is 25.3 Å². The van der Waals surface area contributed by atoms with Crippen LogP contribution in [-0.2, 0) is 20.9 Å². The van der Waals surface area contributed by atoms with Gasteiger partial charge in [-0.15, -0.1) is 0 Å².